The zero-order chi connectivity index (χ0) is 11.0. The average Bonchev–Trinajstić information content (AvgIpc) is 2.96. The summed E-state index contributed by atoms with van der Waals surface area (Å²) in [5.41, 5.74) is 1.45. The van der Waals surface area contributed by atoms with Gasteiger partial charge in [-0.15, -0.1) is 11.3 Å². The van der Waals surface area contributed by atoms with Gasteiger partial charge in [0.2, 0.25) is 0 Å². The molecule has 1 aliphatic heterocycles. The molecule has 2 heterocycles. The lowest BCUT2D eigenvalue weighted by Crippen LogP contribution is -2.27. The predicted octanol–water partition coefficient (Wildman–Crippen LogP) is 2.94. The summed E-state index contributed by atoms with van der Waals surface area (Å²) in [6, 6.07) is 8.44. The smallest absolute Gasteiger partial charge is 0.101 e. The highest BCUT2D eigenvalue weighted by molar-refractivity contribution is 7.18. The number of thiazole rings is 1. The number of benzene rings is 1. The van der Waals surface area contributed by atoms with Crippen LogP contribution in [0.1, 0.15) is 24.8 Å². The maximum atomic E-state index is 4.82. The van der Waals surface area contributed by atoms with Crippen LogP contribution in [0, 0.1) is 0 Å². The van der Waals surface area contributed by atoms with E-state index in [-0.39, 0.29) is 0 Å². The number of hydrogen-bond acceptors (Lipinski definition) is 3. The average molecular weight is 232 g/mol. The van der Waals surface area contributed by atoms with Crippen LogP contribution in [-0.4, -0.2) is 18.1 Å². The fourth-order valence-electron chi connectivity index (χ4n) is 2.48. The van der Waals surface area contributed by atoms with Crippen molar-refractivity contribution in [3.63, 3.8) is 0 Å². The predicted molar refractivity (Wildman–Crippen MR) is 69.1 cm³/mol. The van der Waals surface area contributed by atoms with Crippen LogP contribution in [0.4, 0.5) is 0 Å². The minimum atomic E-state index is 0.295. The van der Waals surface area contributed by atoms with Gasteiger partial charge in [-0.2, -0.15) is 0 Å². The van der Waals surface area contributed by atoms with E-state index in [1.54, 1.807) is 0 Å². The molecule has 1 saturated heterocycles. The van der Waals surface area contributed by atoms with Gasteiger partial charge >= 0.3 is 0 Å². The largest absolute Gasteiger partial charge is 0.316 e. The van der Waals surface area contributed by atoms with Gasteiger partial charge in [-0.05, 0) is 31.5 Å². The Balaban J connectivity index is 2.10. The number of nitrogens with one attached hydrogen (secondary N) is 1. The van der Waals surface area contributed by atoms with Crippen LogP contribution in [0.2, 0.25) is 0 Å². The van der Waals surface area contributed by atoms with Gasteiger partial charge in [0.15, 0.2) is 0 Å². The van der Waals surface area contributed by atoms with E-state index >= 15 is 0 Å². The molecule has 3 heteroatoms. The first-order valence-corrected chi connectivity index (χ1v) is 6.72. The molecule has 0 radical (unpaired) electrons. The molecule has 16 heavy (non-hydrogen) atoms. The maximum absolute atomic E-state index is 4.82. The Morgan fingerprint density at radius 1 is 1.44 bits per heavy atom. The van der Waals surface area contributed by atoms with E-state index in [1.165, 1.54) is 22.5 Å². The number of aromatic nitrogens is 1. The van der Waals surface area contributed by atoms with Crippen LogP contribution in [0.15, 0.2) is 24.3 Å². The van der Waals surface area contributed by atoms with Crippen molar-refractivity contribution in [2.75, 3.05) is 13.1 Å². The second kappa shape index (κ2) is 3.82. The lowest BCUT2D eigenvalue weighted by atomic mass is 9.85. The van der Waals surface area contributed by atoms with Crippen molar-refractivity contribution in [2.45, 2.75) is 25.2 Å². The summed E-state index contributed by atoms with van der Waals surface area (Å²) < 4.78 is 1.32. The lowest BCUT2D eigenvalue weighted by Gasteiger charge is -2.23. The summed E-state index contributed by atoms with van der Waals surface area (Å²) in [5.74, 6) is 0. The quantitative estimate of drug-likeness (QED) is 0.861. The molecule has 0 spiro atoms. The normalized spacial score (nSPS) is 25.3. The second-order valence-electron chi connectivity index (χ2n) is 4.55. The fourth-order valence-corrected chi connectivity index (χ4v) is 3.73. The molecular formula is C13H16N2S. The van der Waals surface area contributed by atoms with Gasteiger partial charge in [0.1, 0.15) is 5.01 Å². The highest BCUT2D eigenvalue weighted by atomic mass is 32.1. The molecule has 1 N–H and O–H groups in total. The van der Waals surface area contributed by atoms with Crippen molar-refractivity contribution in [1.82, 2.24) is 10.3 Å². The molecule has 2 aromatic rings. The number of rotatable bonds is 2. The summed E-state index contributed by atoms with van der Waals surface area (Å²) in [6.45, 7) is 4.49. The van der Waals surface area contributed by atoms with E-state index in [2.05, 4.69) is 36.5 Å². The molecule has 1 aliphatic rings. The van der Waals surface area contributed by atoms with Crippen LogP contribution in [-0.2, 0) is 5.41 Å². The Morgan fingerprint density at radius 3 is 3.00 bits per heavy atom. The first-order chi connectivity index (χ1) is 7.84. The molecular weight excluding hydrogens is 216 g/mol. The maximum Gasteiger partial charge on any atom is 0.101 e. The number of para-hydroxylation sites is 1. The van der Waals surface area contributed by atoms with Gasteiger partial charge in [0.05, 0.1) is 10.2 Å². The van der Waals surface area contributed by atoms with Crippen molar-refractivity contribution in [3.05, 3.63) is 29.3 Å². The van der Waals surface area contributed by atoms with Crippen LogP contribution < -0.4 is 5.32 Å². The van der Waals surface area contributed by atoms with Crippen molar-refractivity contribution in [2.24, 2.45) is 0 Å². The van der Waals surface area contributed by atoms with Gasteiger partial charge in [-0.25, -0.2) is 4.98 Å². The van der Waals surface area contributed by atoms with Crippen molar-refractivity contribution in [1.29, 1.82) is 0 Å². The molecule has 3 rings (SSSR count). The minimum absolute atomic E-state index is 0.295. The second-order valence-corrected chi connectivity index (χ2v) is 5.58. The summed E-state index contributed by atoms with van der Waals surface area (Å²) in [6.07, 6.45) is 2.41. The van der Waals surface area contributed by atoms with E-state index in [0.29, 0.717) is 5.41 Å². The molecule has 84 valence electrons. The number of fused-ring (bicyclic) bond motifs is 1. The Kier molecular flexibility index (Phi) is 2.45. The molecule has 1 unspecified atom stereocenters. The highest BCUT2D eigenvalue weighted by Crippen LogP contribution is 2.38. The monoisotopic (exact) mass is 232 g/mol. The van der Waals surface area contributed by atoms with E-state index in [9.17, 15) is 0 Å². The first kappa shape index (κ1) is 10.2. The Hall–Kier alpha value is -0.930. The van der Waals surface area contributed by atoms with Crippen LogP contribution in [0.5, 0.6) is 0 Å². The van der Waals surface area contributed by atoms with E-state index in [4.69, 9.17) is 4.98 Å². The summed E-state index contributed by atoms with van der Waals surface area (Å²) in [5, 5.41) is 4.79. The molecule has 0 aliphatic carbocycles. The molecule has 1 aromatic carbocycles. The SMILES string of the molecule is CCC1(c2nc3ccccc3s2)CCNC1. The first-order valence-electron chi connectivity index (χ1n) is 5.91. The Labute approximate surface area is 99.7 Å². The van der Waals surface area contributed by atoms with E-state index in [0.717, 1.165) is 18.6 Å². The van der Waals surface area contributed by atoms with Crippen molar-refractivity contribution in [3.8, 4) is 0 Å². The summed E-state index contributed by atoms with van der Waals surface area (Å²) in [7, 11) is 0. The zero-order valence-corrected chi connectivity index (χ0v) is 10.3. The molecule has 0 bridgehead atoms. The van der Waals surface area contributed by atoms with Crippen LogP contribution in [0.3, 0.4) is 0 Å². The minimum Gasteiger partial charge on any atom is -0.316 e. The summed E-state index contributed by atoms with van der Waals surface area (Å²) >= 11 is 1.87. The van der Waals surface area contributed by atoms with Gasteiger partial charge in [-0.1, -0.05) is 19.1 Å². The Bertz CT molecular complexity index is 464. The summed E-state index contributed by atoms with van der Waals surface area (Å²) in [4.78, 5) is 4.82. The van der Waals surface area contributed by atoms with Gasteiger partial charge < -0.3 is 5.32 Å². The van der Waals surface area contributed by atoms with Crippen molar-refractivity contribution < 1.29 is 0 Å². The Morgan fingerprint density at radius 2 is 2.31 bits per heavy atom. The third-order valence-corrected chi connectivity index (χ3v) is 4.95. The third kappa shape index (κ3) is 1.46. The zero-order valence-electron chi connectivity index (χ0n) is 9.49. The third-order valence-electron chi connectivity index (χ3n) is 3.67. The molecule has 1 aromatic heterocycles. The fraction of sp³-hybridized carbons (Fsp3) is 0.462. The van der Waals surface area contributed by atoms with E-state index < -0.39 is 0 Å². The van der Waals surface area contributed by atoms with E-state index in [1.807, 2.05) is 11.3 Å². The highest BCUT2D eigenvalue weighted by Gasteiger charge is 2.36. The van der Waals surface area contributed by atoms with Gasteiger partial charge in [0, 0.05) is 12.0 Å². The molecule has 1 fully saturated rings. The van der Waals surface area contributed by atoms with Crippen molar-refractivity contribution >= 4 is 21.6 Å². The standard InChI is InChI=1S/C13H16N2S/c1-2-13(7-8-14-9-13)12-15-10-5-3-4-6-11(10)16-12/h3-6,14H,2,7-9H2,1H3. The number of nitrogens with zero attached hydrogens (tertiary/aromatic N) is 1. The molecule has 0 amide bonds. The molecule has 0 saturated carbocycles. The number of hydrogen-bond donors (Lipinski definition) is 1. The molecule has 2 nitrogen and oxygen atoms in total. The van der Waals surface area contributed by atoms with Gasteiger partial charge in [-0.3, -0.25) is 0 Å². The molecule has 1 atom stereocenters. The topological polar surface area (TPSA) is 24.9 Å². The van der Waals surface area contributed by atoms with Gasteiger partial charge in [0.25, 0.3) is 0 Å². The van der Waals surface area contributed by atoms with Crippen LogP contribution in [0.25, 0.3) is 10.2 Å². The van der Waals surface area contributed by atoms with Crippen LogP contribution >= 0.6 is 11.3 Å². The lowest BCUT2D eigenvalue weighted by molar-refractivity contribution is 0.452.